The first-order valence-corrected chi connectivity index (χ1v) is 8.14. The molecule has 0 radical (unpaired) electrons. The van der Waals surface area contributed by atoms with E-state index in [0.29, 0.717) is 18.1 Å². The Bertz CT molecular complexity index is 409. The molecule has 0 amide bonds. The molecule has 4 nitrogen and oxygen atoms in total. The molecule has 19 heavy (non-hydrogen) atoms. The topological polar surface area (TPSA) is 37.4 Å². The molecule has 2 aliphatic rings. The standard InChI is InChI=1S/C14H23N3OS/c1-10(2)5-15-6-11-9-19-14(16-11)17-7-12-3-4-13(8-17)18-12/h9-10,12-13,15H,3-8H2,1-2H3. The molecule has 2 aliphatic heterocycles. The minimum atomic E-state index is 0.435. The first kappa shape index (κ1) is 13.3. The van der Waals surface area contributed by atoms with E-state index in [-0.39, 0.29) is 0 Å². The number of anilines is 1. The Balaban J connectivity index is 1.55. The van der Waals surface area contributed by atoms with Gasteiger partial charge >= 0.3 is 0 Å². The Morgan fingerprint density at radius 2 is 2.16 bits per heavy atom. The van der Waals surface area contributed by atoms with Crippen LogP contribution in [0.2, 0.25) is 0 Å². The molecular weight excluding hydrogens is 258 g/mol. The van der Waals surface area contributed by atoms with Gasteiger partial charge in [-0.25, -0.2) is 4.98 Å². The predicted octanol–water partition coefficient (Wildman–Crippen LogP) is 2.26. The molecule has 2 saturated heterocycles. The van der Waals surface area contributed by atoms with E-state index < -0.39 is 0 Å². The average Bonchev–Trinajstić information content (AvgIpc) is 2.96. The number of nitrogens with one attached hydrogen (secondary N) is 1. The van der Waals surface area contributed by atoms with Crippen LogP contribution in [0.25, 0.3) is 0 Å². The van der Waals surface area contributed by atoms with Crippen molar-refractivity contribution in [1.29, 1.82) is 0 Å². The number of hydrogen-bond acceptors (Lipinski definition) is 5. The van der Waals surface area contributed by atoms with Crippen LogP contribution in [0.5, 0.6) is 0 Å². The molecule has 106 valence electrons. The van der Waals surface area contributed by atoms with Gasteiger partial charge in [-0.3, -0.25) is 0 Å². The fourth-order valence-electron chi connectivity index (χ4n) is 2.78. The van der Waals surface area contributed by atoms with E-state index in [0.717, 1.165) is 26.2 Å². The molecule has 0 saturated carbocycles. The average molecular weight is 281 g/mol. The molecule has 1 aromatic rings. The lowest BCUT2D eigenvalue weighted by Gasteiger charge is -2.31. The minimum Gasteiger partial charge on any atom is -0.371 e. The van der Waals surface area contributed by atoms with E-state index in [4.69, 9.17) is 9.72 Å². The van der Waals surface area contributed by atoms with Gasteiger partial charge < -0.3 is 15.0 Å². The Labute approximate surface area is 119 Å². The largest absolute Gasteiger partial charge is 0.371 e. The van der Waals surface area contributed by atoms with Crippen molar-refractivity contribution in [3.05, 3.63) is 11.1 Å². The molecular formula is C14H23N3OS. The Morgan fingerprint density at radius 1 is 1.42 bits per heavy atom. The van der Waals surface area contributed by atoms with Crippen molar-refractivity contribution >= 4 is 16.5 Å². The summed E-state index contributed by atoms with van der Waals surface area (Å²) >= 11 is 1.77. The second-order valence-electron chi connectivity index (χ2n) is 6.01. The summed E-state index contributed by atoms with van der Waals surface area (Å²) in [5.41, 5.74) is 1.17. The molecule has 0 spiro atoms. The second-order valence-corrected chi connectivity index (χ2v) is 6.85. The van der Waals surface area contributed by atoms with Crippen LogP contribution in [-0.2, 0) is 11.3 Å². The number of hydrogen-bond donors (Lipinski definition) is 1. The van der Waals surface area contributed by atoms with Gasteiger partial charge in [-0.15, -0.1) is 11.3 Å². The monoisotopic (exact) mass is 281 g/mol. The summed E-state index contributed by atoms with van der Waals surface area (Å²) in [6.45, 7) is 8.41. The highest BCUT2D eigenvalue weighted by atomic mass is 32.1. The maximum Gasteiger partial charge on any atom is 0.185 e. The van der Waals surface area contributed by atoms with Crippen LogP contribution in [0.1, 0.15) is 32.4 Å². The van der Waals surface area contributed by atoms with Crippen molar-refractivity contribution < 1.29 is 4.74 Å². The lowest BCUT2D eigenvalue weighted by Crippen LogP contribution is -2.42. The van der Waals surface area contributed by atoms with E-state index in [1.54, 1.807) is 11.3 Å². The fraction of sp³-hybridized carbons (Fsp3) is 0.786. The van der Waals surface area contributed by atoms with E-state index in [2.05, 4.69) is 29.4 Å². The summed E-state index contributed by atoms with van der Waals surface area (Å²) < 4.78 is 5.87. The summed E-state index contributed by atoms with van der Waals surface area (Å²) in [4.78, 5) is 7.16. The molecule has 2 fully saturated rings. The van der Waals surface area contributed by atoms with E-state index >= 15 is 0 Å². The fourth-order valence-corrected chi connectivity index (χ4v) is 3.63. The zero-order chi connectivity index (χ0) is 13.2. The van der Waals surface area contributed by atoms with Crippen LogP contribution >= 0.6 is 11.3 Å². The van der Waals surface area contributed by atoms with E-state index in [9.17, 15) is 0 Å². The maximum atomic E-state index is 5.87. The van der Waals surface area contributed by atoms with E-state index in [1.165, 1.54) is 23.7 Å². The third kappa shape index (κ3) is 3.27. The predicted molar refractivity (Wildman–Crippen MR) is 78.8 cm³/mol. The SMILES string of the molecule is CC(C)CNCc1csc(N2CC3CCC(C2)O3)n1. The third-order valence-corrected chi connectivity index (χ3v) is 4.66. The van der Waals surface area contributed by atoms with Crippen LogP contribution in [0.3, 0.4) is 0 Å². The molecule has 3 heterocycles. The first-order chi connectivity index (χ1) is 9.20. The third-order valence-electron chi connectivity index (χ3n) is 3.71. The van der Waals surface area contributed by atoms with Crippen LogP contribution in [0.4, 0.5) is 5.13 Å². The van der Waals surface area contributed by atoms with Gasteiger partial charge in [-0.1, -0.05) is 13.8 Å². The molecule has 2 unspecified atom stereocenters. The zero-order valence-corrected chi connectivity index (χ0v) is 12.6. The molecule has 5 heteroatoms. The van der Waals surface area contributed by atoms with Gasteiger partial charge in [0.1, 0.15) is 0 Å². The number of ether oxygens (including phenoxy) is 1. The minimum absolute atomic E-state index is 0.435. The van der Waals surface area contributed by atoms with Gasteiger partial charge in [0.15, 0.2) is 5.13 Å². The van der Waals surface area contributed by atoms with Crippen LogP contribution in [0, 0.1) is 5.92 Å². The molecule has 0 aromatic carbocycles. The molecule has 0 aliphatic carbocycles. The van der Waals surface area contributed by atoms with Gasteiger partial charge in [0, 0.05) is 25.0 Å². The van der Waals surface area contributed by atoms with Crippen LogP contribution < -0.4 is 10.2 Å². The number of rotatable bonds is 5. The summed E-state index contributed by atoms with van der Waals surface area (Å²) in [6, 6.07) is 0. The van der Waals surface area contributed by atoms with Gasteiger partial charge in [0.25, 0.3) is 0 Å². The summed E-state index contributed by atoms with van der Waals surface area (Å²) in [5.74, 6) is 0.688. The van der Waals surface area contributed by atoms with Gasteiger partial charge in [-0.2, -0.15) is 0 Å². The number of thiazole rings is 1. The van der Waals surface area contributed by atoms with Crippen molar-refractivity contribution in [2.75, 3.05) is 24.5 Å². The lowest BCUT2D eigenvalue weighted by molar-refractivity contribution is 0.0305. The summed E-state index contributed by atoms with van der Waals surface area (Å²) in [7, 11) is 0. The molecule has 2 atom stereocenters. The Kier molecular flexibility index (Phi) is 4.05. The van der Waals surface area contributed by atoms with Crippen molar-refractivity contribution in [2.24, 2.45) is 5.92 Å². The van der Waals surface area contributed by atoms with Crippen molar-refractivity contribution in [3.8, 4) is 0 Å². The smallest absolute Gasteiger partial charge is 0.185 e. The van der Waals surface area contributed by atoms with Crippen LogP contribution in [-0.4, -0.2) is 36.8 Å². The van der Waals surface area contributed by atoms with Gasteiger partial charge in [-0.05, 0) is 25.3 Å². The number of morpholine rings is 1. The normalized spacial score (nSPS) is 26.4. The van der Waals surface area contributed by atoms with Crippen LogP contribution in [0.15, 0.2) is 5.38 Å². The first-order valence-electron chi connectivity index (χ1n) is 7.26. The molecule has 1 N–H and O–H groups in total. The maximum absolute atomic E-state index is 5.87. The van der Waals surface area contributed by atoms with Gasteiger partial charge in [0.05, 0.1) is 17.9 Å². The summed E-state index contributed by atoms with van der Waals surface area (Å²) in [5, 5.41) is 6.80. The number of nitrogens with zero attached hydrogens (tertiary/aromatic N) is 2. The highest BCUT2D eigenvalue weighted by Gasteiger charge is 2.34. The Morgan fingerprint density at radius 3 is 2.84 bits per heavy atom. The Hall–Kier alpha value is -0.650. The highest BCUT2D eigenvalue weighted by Crippen LogP contribution is 2.31. The van der Waals surface area contributed by atoms with E-state index in [1.807, 2.05) is 0 Å². The highest BCUT2D eigenvalue weighted by molar-refractivity contribution is 7.13. The molecule has 2 bridgehead atoms. The molecule has 3 rings (SSSR count). The number of aromatic nitrogens is 1. The molecule has 1 aromatic heterocycles. The quantitative estimate of drug-likeness (QED) is 0.898. The number of fused-ring (bicyclic) bond motifs is 2. The summed E-state index contributed by atoms with van der Waals surface area (Å²) in [6.07, 6.45) is 3.31. The van der Waals surface area contributed by atoms with Crippen molar-refractivity contribution in [2.45, 2.75) is 45.4 Å². The van der Waals surface area contributed by atoms with Crippen molar-refractivity contribution in [3.63, 3.8) is 0 Å². The second kappa shape index (κ2) is 5.77. The lowest BCUT2D eigenvalue weighted by atomic mass is 10.2. The zero-order valence-electron chi connectivity index (χ0n) is 11.8. The van der Waals surface area contributed by atoms with Crippen molar-refractivity contribution in [1.82, 2.24) is 10.3 Å². The van der Waals surface area contributed by atoms with Gasteiger partial charge in [0.2, 0.25) is 0 Å².